The molecule has 5 rings (SSSR count). The van der Waals surface area contributed by atoms with Crippen LogP contribution in [0.2, 0.25) is 0 Å². The van der Waals surface area contributed by atoms with Gasteiger partial charge in [-0.15, -0.1) is 0 Å². The maximum absolute atomic E-state index is 14.6. The van der Waals surface area contributed by atoms with Crippen LogP contribution in [0.1, 0.15) is 71.9 Å². The van der Waals surface area contributed by atoms with Crippen LogP contribution < -0.4 is 0 Å². The van der Waals surface area contributed by atoms with Crippen molar-refractivity contribution in [2.45, 2.75) is 90.8 Å². The number of fused-ring (bicyclic) bond motifs is 5. The lowest BCUT2D eigenvalue weighted by molar-refractivity contribution is -0.339. The first-order valence-electron chi connectivity index (χ1n) is 13.3. The van der Waals surface area contributed by atoms with Gasteiger partial charge in [-0.2, -0.15) is 0 Å². The number of esters is 2. The Morgan fingerprint density at radius 3 is 2.42 bits per heavy atom. The average molecular weight is 531 g/mol. The van der Waals surface area contributed by atoms with Gasteiger partial charge in [-0.05, 0) is 42.5 Å². The molecule has 9 heteroatoms. The third-order valence-corrected chi connectivity index (χ3v) is 10.4. The number of Topliss-reactive ketones (excluding diaryl/α,β-unsaturated/α-hetero) is 1. The van der Waals surface area contributed by atoms with E-state index < -0.39 is 64.1 Å². The quantitative estimate of drug-likeness (QED) is 0.446. The van der Waals surface area contributed by atoms with Crippen LogP contribution in [-0.4, -0.2) is 64.1 Å². The molecule has 2 bridgehead atoms. The van der Waals surface area contributed by atoms with Crippen LogP contribution in [0, 0.1) is 28.6 Å². The largest absolute Gasteiger partial charge is 0.457 e. The molecular weight excluding hydrogens is 492 g/mol. The van der Waals surface area contributed by atoms with Crippen molar-refractivity contribution in [1.29, 1.82) is 0 Å². The van der Waals surface area contributed by atoms with E-state index in [-0.39, 0.29) is 30.5 Å². The Morgan fingerprint density at radius 1 is 1.18 bits per heavy atom. The highest BCUT2D eigenvalue weighted by molar-refractivity contribution is 5.91. The molecule has 0 aromatic carbocycles. The van der Waals surface area contributed by atoms with Gasteiger partial charge in [0.1, 0.15) is 23.6 Å². The standard InChI is InChI=1S/C29H38O9/c1-14-11-20-28(13-36-20,38-17(4)30)22-24(37-25(33)19-9-8-10-35-19)29(34)12-18(31)15(2)21(26(29,5)6)16(3)23(32)27(14,22)7/h8-10,14,16,18,20,22,24,31,34H,11-13H2,1-7H3/t14-,16+,18-,20+,22?,24-,27+,28-,29+/m0/s1. The molecule has 1 unspecified atom stereocenters. The molecule has 3 aliphatic carbocycles. The lowest BCUT2D eigenvalue weighted by atomic mass is 9.42. The third-order valence-electron chi connectivity index (χ3n) is 10.4. The van der Waals surface area contributed by atoms with Crippen LogP contribution in [-0.2, 0) is 23.8 Å². The van der Waals surface area contributed by atoms with E-state index in [9.17, 15) is 24.6 Å². The first-order chi connectivity index (χ1) is 17.6. The van der Waals surface area contributed by atoms with Crippen LogP contribution in [0.5, 0.6) is 0 Å². The van der Waals surface area contributed by atoms with Crippen LogP contribution in [0.3, 0.4) is 0 Å². The zero-order chi connectivity index (χ0) is 28.0. The summed E-state index contributed by atoms with van der Waals surface area (Å²) in [5.74, 6) is -3.39. The second-order valence-corrected chi connectivity index (χ2v) is 12.5. The SMILES string of the molecule is CC(=O)O[C@@]12CO[C@@H]1C[C@H](C)[C@@]1(C)C(=O)[C@H](C)C3=C(C)[C@@H](O)C[C@@](O)([C@@H](OC(=O)c4ccco4)C12)C3(C)C. The molecule has 1 aromatic rings. The Kier molecular flexibility index (Phi) is 6.06. The molecule has 0 amide bonds. The number of carbonyl (C=O) groups excluding carboxylic acids is 3. The van der Waals surface area contributed by atoms with Gasteiger partial charge in [0.2, 0.25) is 5.76 Å². The maximum atomic E-state index is 14.6. The maximum Gasteiger partial charge on any atom is 0.374 e. The van der Waals surface area contributed by atoms with E-state index in [4.69, 9.17) is 18.6 Å². The minimum atomic E-state index is -1.82. The van der Waals surface area contributed by atoms with Crippen LogP contribution >= 0.6 is 0 Å². The monoisotopic (exact) mass is 530 g/mol. The number of ketones is 1. The Hall–Kier alpha value is -2.49. The number of aliphatic hydroxyl groups excluding tert-OH is 1. The summed E-state index contributed by atoms with van der Waals surface area (Å²) in [7, 11) is 0. The van der Waals surface area contributed by atoms with E-state index in [0.29, 0.717) is 17.6 Å². The normalized spacial score (nSPS) is 43.7. The van der Waals surface area contributed by atoms with Gasteiger partial charge in [0.05, 0.1) is 24.9 Å². The highest BCUT2D eigenvalue weighted by Crippen LogP contribution is 2.66. The van der Waals surface area contributed by atoms with Crippen molar-refractivity contribution in [1.82, 2.24) is 0 Å². The van der Waals surface area contributed by atoms with Gasteiger partial charge in [-0.1, -0.05) is 34.6 Å². The molecule has 208 valence electrons. The van der Waals surface area contributed by atoms with Gasteiger partial charge in [0, 0.05) is 30.1 Å². The summed E-state index contributed by atoms with van der Waals surface area (Å²) >= 11 is 0. The van der Waals surface area contributed by atoms with E-state index >= 15 is 0 Å². The number of ether oxygens (including phenoxy) is 3. The predicted molar refractivity (Wildman–Crippen MR) is 134 cm³/mol. The summed E-state index contributed by atoms with van der Waals surface area (Å²) < 4.78 is 23.4. The van der Waals surface area contributed by atoms with E-state index in [1.54, 1.807) is 13.0 Å². The van der Waals surface area contributed by atoms with Crippen LogP contribution in [0.25, 0.3) is 0 Å². The first kappa shape index (κ1) is 27.1. The molecule has 9 nitrogen and oxygen atoms in total. The number of aliphatic hydroxyl groups is 2. The summed E-state index contributed by atoms with van der Waals surface area (Å²) in [6.07, 6.45) is -1.27. The molecule has 2 N–H and O–H groups in total. The fraction of sp³-hybridized carbons (Fsp3) is 0.690. The van der Waals surface area contributed by atoms with Crippen molar-refractivity contribution in [3.05, 3.63) is 35.3 Å². The minimum Gasteiger partial charge on any atom is -0.457 e. The zero-order valence-corrected chi connectivity index (χ0v) is 23.1. The highest BCUT2D eigenvalue weighted by atomic mass is 16.6. The number of hydrogen-bond donors (Lipinski definition) is 2. The Balaban J connectivity index is 1.82. The van der Waals surface area contributed by atoms with Crippen molar-refractivity contribution in [3.63, 3.8) is 0 Å². The Labute approximate surface area is 222 Å². The van der Waals surface area contributed by atoms with Gasteiger partial charge in [0.25, 0.3) is 0 Å². The Morgan fingerprint density at radius 2 is 1.87 bits per heavy atom. The molecule has 1 aliphatic heterocycles. The lowest BCUT2D eigenvalue weighted by Gasteiger charge is -2.68. The molecule has 4 aliphatic rings. The Bertz CT molecular complexity index is 1200. The van der Waals surface area contributed by atoms with Crippen molar-refractivity contribution in [2.24, 2.45) is 28.6 Å². The van der Waals surface area contributed by atoms with Crippen molar-refractivity contribution < 1.29 is 43.2 Å². The van der Waals surface area contributed by atoms with Crippen LogP contribution in [0.4, 0.5) is 0 Å². The number of rotatable bonds is 3. The number of hydrogen-bond acceptors (Lipinski definition) is 9. The molecule has 0 radical (unpaired) electrons. The molecule has 0 spiro atoms. The molecule has 3 fully saturated rings. The van der Waals surface area contributed by atoms with E-state index in [1.807, 2.05) is 34.6 Å². The van der Waals surface area contributed by atoms with Crippen LogP contribution in [0.15, 0.2) is 34.0 Å². The van der Waals surface area contributed by atoms with Gasteiger partial charge >= 0.3 is 11.9 Å². The average Bonchev–Trinajstić information content (AvgIpc) is 3.37. The zero-order valence-electron chi connectivity index (χ0n) is 23.1. The second kappa shape index (κ2) is 8.50. The molecule has 1 saturated heterocycles. The van der Waals surface area contributed by atoms with E-state index in [0.717, 1.165) is 0 Å². The molecule has 2 heterocycles. The smallest absolute Gasteiger partial charge is 0.374 e. The fourth-order valence-corrected chi connectivity index (χ4v) is 8.27. The van der Waals surface area contributed by atoms with E-state index in [1.165, 1.54) is 19.3 Å². The van der Waals surface area contributed by atoms with E-state index in [2.05, 4.69) is 0 Å². The third kappa shape index (κ3) is 3.31. The van der Waals surface area contributed by atoms with Gasteiger partial charge in [-0.3, -0.25) is 9.59 Å². The molecular formula is C29H38O9. The summed E-state index contributed by atoms with van der Waals surface area (Å²) in [5.41, 5.74) is -4.10. The number of furan rings is 1. The topological polar surface area (TPSA) is 132 Å². The minimum absolute atomic E-state index is 0.00146. The lowest BCUT2D eigenvalue weighted by Crippen LogP contribution is -2.80. The summed E-state index contributed by atoms with van der Waals surface area (Å²) in [6, 6.07) is 3.01. The highest BCUT2D eigenvalue weighted by Gasteiger charge is 2.76. The summed E-state index contributed by atoms with van der Waals surface area (Å²) in [4.78, 5) is 40.6. The summed E-state index contributed by atoms with van der Waals surface area (Å²) in [5, 5.41) is 23.9. The second-order valence-electron chi connectivity index (χ2n) is 12.5. The van der Waals surface area contributed by atoms with Gasteiger partial charge < -0.3 is 28.8 Å². The predicted octanol–water partition coefficient (Wildman–Crippen LogP) is 3.23. The first-order valence-corrected chi connectivity index (χ1v) is 13.3. The van der Waals surface area contributed by atoms with Crippen molar-refractivity contribution in [2.75, 3.05) is 6.61 Å². The van der Waals surface area contributed by atoms with Crippen molar-refractivity contribution in [3.8, 4) is 0 Å². The fourth-order valence-electron chi connectivity index (χ4n) is 8.27. The van der Waals surface area contributed by atoms with Gasteiger partial charge in [0.15, 0.2) is 5.60 Å². The van der Waals surface area contributed by atoms with Crippen molar-refractivity contribution >= 4 is 17.7 Å². The molecule has 1 aromatic heterocycles. The molecule has 9 atom stereocenters. The summed E-state index contributed by atoms with van der Waals surface area (Å²) in [6.45, 7) is 12.3. The molecule has 38 heavy (non-hydrogen) atoms. The van der Waals surface area contributed by atoms with Gasteiger partial charge in [-0.25, -0.2) is 4.79 Å². The number of carbonyl (C=O) groups is 3. The molecule has 2 saturated carbocycles.